The van der Waals surface area contributed by atoms with Crippen molar-refractivity contribution < 1.29 is 9.53 Å². The maximum absolute atomic E-state index is 12.5. The molecule has 2 N–H and O–H groups in total. The molecule has 2 heterocycles. The van der Waals surface area contributed by atoms with Crippen LogP contribution in [0.1, 0.15) is 24.8 Å². The zero-order valence-electron chi connectivity index (χ0n) is 15.4. The van der Waals surface area contributed by atoms with Crippen LogP contribution in [0.25, 0.3) is 0 Å². The van der Waals surface area contributed by atoms with Crippen molar-refractivity contribution in [2.24, 2.45) is 11.7 Å². The number of ether oxygens (including phenoxy) is 1. The van der Waals surface area contributed by atoms with Gasteiger partial charge in [-0.1, -0.05) is 30.3 Å². The second-order valence-corrected chi connectivity index (χ2v) is 7.15. The Morgan fingerprint density at radius 3 is 2.62 bits per heavy atom. The number of hydrogen-bond acceptors (Lipinski definition) is 4. The van der Waals surface area contributed by atoms with Crippen LogP contribution >= 0.6 is 24.8 Å². The van der Waals surface area contributed by atoms with Gasteiger partial charge >= 0.3 is 0 Å². The lowest BCUT2D eigenvalue weighted by molar-refractivity contribution is -0.141. The number of nitrogens with zero attached hydrogens (tertiary/aromatic N) is 2. The van der Waals surface area contributed by atoms with Crippen molar-refractivity contribution in [1.82, 2.24) is 9.80 Å². The van der Waals surface area contributed by atoms with Crippen molar-refractivity contribution in [2.75, 3.05) is 33.2 Å². The summed E-state index contributed by atoms with van der Waals surface area (Å²) >= 11 is 0. The molecule has 1 amide bonds. The Morgan fingerprint density at radius 1 is 1.23 bits per heavy atom. The van der Waals surface area contributed by atoms with E-state index in [4.69, 9.17) is 10.5 Å². The van der Waals surface area contributed by atoms with Crippen LogP contribution in [0.5, 0.6) is 0 Å². The molecule has 1 unspecified atom stereocenters. The Kier molecular flexibility index (Phi) is 9.90. The van der Waals surface area contributed by atoms with E-state index in [1.165, 1.54) is 5.56 Å². The Labute approximate surface area is 169 Å². The average molecular weight is 404 g/mol. The Morgan fingerprint density at radius 2 is 1.96 bits per heavy atom. The summed E-state index contributed by atoms with van der Waals surface area (Å²) in [7, 11) is 1.90. The van der Waals surface area contributed by atoms with Crippen LogP contribution in [0.4, 0.5) is 0 Å². The monoisotopic (exact) mass is 403 g/mol. The van der Waals surface area contributed by atoms with Gasteiger partial charge in [0.15, 0.2) is 0 Å². The first-order chi connectivity index (χ1) is 11.7. The van der Waals surface area contributed by atoms with Crippen LogP contribution in [-0.2, 0) is 16.1 Å². The van der Waals surface area contributed by atoms with E-state index in [-0.39, 0.29) is 42.9 Å². The van der Waals surface area contributed by atoms with Crippen LogP contribution in [0.2, 0.25) is 0 Å². The van der Waals surface area contributed by atoms with Gasteiger partial charge in [-0.15, -0.1) is 24.8 Å². The van der Waals surface area contributed by atoms with Crippen LogP contribution in [0.15, 0.2) is 30.3 Å². The van der Waals surface area contributed by atoms with Crippen LogP contribution < -0.4 is 5.73 Å². The Balaban J connectivity index is 0.00000169. The lowest BCUT2D eigenvalue weighted by Crippen LogP contribution is -2.40. The zero-order valence-corrected chi connectivity index (χ0v) is 17.0. The Hall–Kier alpha value is -0.850. The van der Waals surface area contributed by atoms with Crippen LogP contribution in [0.3, 0.4) is 0 Å². The molecule has 148 valence electrons. The molecule has 2 saturated heterocycles. The van der Waals surface area contributed by atoms with E-state index >= 15 is 0 Å². The minimum absolute atomic E-state index is 0. The fourth-order valence-corrected chi connectivity index (χ4v) is 3.83. The van der Waals surface area contributed by atoms with Gasteiger partial charge in [0.2, 0.25) is 0 Å². The van der Waals surface area contributed by atoms with Crippen LogP contribution in [-0.4, -0.2) is 61.1 Å². The molecule has 0 saturated carbocycles. The maximum Gasteiger partial charge on any atom is 0.251 e. The molecule has 2 fully saturated rings. The quantitative estimate of drug-likeness (QED) is 0.791. The summed E-state index contributed by atoms with van der Waals surface area (Å²) in [4.78, 5) is 16.9. The number of halogens is 2. The number of amides is 1. The number of nitrogens with two attached hydrogens (primary N) is 1. The van der Waals surface area contributed by atoms with Crippen LogP contribution in [0, 0.1) is 5.92 Å². The van der Waals surface area contributed by atoms with Gasteiger partial charge in [0.1, 0.15) is 6.10 Å². The van der Waals surface area contributed by atoms with Gasteiger partial charge in [-0.2, -0.15) is 0 Å². The van der Waals surface area contributed by atoms with E-state index in [0.717, 1.165) is 45.4 Å². The first kappa shape index (κ1) is 23.2. The minimum Gasteiger partial charge on any atom is -0.364 e. The number of carbonyl (C=O) groups excluding carboxylic acids is 1. The first-order valence-electron chi connectivity index (χ1n) is 9.02. The SMILES string of the molecule is CN(CC1CCN(Cc2ccccc2)C1)C(=O)[C@@H]1CC[C@H](CN)O1.Cl.Cl. The summed E-state index contributed by atoms with van der Waals surface area (Å²) in [6.07, 6.45) is 2.62. The standard InChI is InChI=1S/C19H29N3O2.2ClH/c1-21(19(23)18-8-7-17(11-20)24-18)12-16-9-10-22(14-16)13-15-5-3-2-4-6-15;;/h2-6,16-18H,7-14,20H2,1H3;2*1H/t16?,17-,18+;;/m1../s1. The molecule has 7 heteroatoms. The highest BCUT2D eigenvalue weighted by Crippen LogP contribution is 2.23. The summed E-state index contributed by atoms with van der Waals surface area (Å²) < 4.78 is 5.73. The van der Waals surface area contributed by atoms with E-state index in [0.29, 0.717) is 12.5 Å². The highest BCUT2D eigenvalue weighted by Gasteiger charge is 2.33. The van der Waals surface area contributed by atoms with E-state index in [9.17, 15) is 4.79 Å². The summed E-state index contributed by atoms with van der Waals surface area (Å²) in [5.74, 6) is 0.668. The van der Waals surface area contributed by atoms with E-state index in [2.05, 4.69) is 35.2 Å². The lowest BCUT2D eigenvalue weighted by atomic mass is 10.1. The molecular formula is C19H31Cl2N3O2. The third-order valence-corrected chi connectivity index (χ3v) is 5.17. The zero-order chi connectivity index (χ0) is 16.9. The second kappa shape index (κ2) is 11.1. The molecule has 5 nitrogen and oxygen atoms in total. The molecule has 3 atom stereocenters. The fourth-order valence-electron chi connectivity index (χ4n) is 3.83. The molecule has 0 radical (unpaired) electrons. The number of carbonyl (C=O) groups is 1. The van der Waals surface area contributed by atoms with Crippen molar-refractivity contribution in [3.05, 3.63) is 35.9 Å². The largest absolute Gasteiger partial charge is 0.364 e. The first-order valence-corrected chi connectivity index (χ1v) is 9.02. The minimum atomic E-state index is -0.287. The van der Waals surface area contributed by atoms with Crippen molar-refractivity contribution in [1.29, 1.82) is 0 Å². The number of rotatable bonds is 6. The molecule has 0 aromatic heterocycles. The summed E-state index contributed by atoms with van der Waals surface area (Å²) in [6, 6.07) is 10.6. The summed E-state index contributed by atoms with van der Waals surface area (Å²) in [5, 5.41) is 0. The molecule has 0 aliphatic carbocycles. The van der Waals surface area contributed by atoms with E-state index < -0.39 is 0 Å². The normalized spacial score (nSPS) is 25.4. The van der Waals surface area contributed by atoms with Gasteiger partial charge in [-0.25, -0.2) is 0 Å². The average Bonchev–Trinajstić information content (AvgIpc) is 3.24. The molecule has 26 heavy (non-hydrogen) atoms. The molecule has 0 spiro atoms. The molecule has 2 aliphatic heterocycles. The van der Waals surface area contributed by atoms with E-state index in [1.807, 2.05) is 11.9 Å². The summed E-state index contributed by atoms with van der Waals surface area (Å²) in [5.41, 5.74) is 6.98. The number of likely N-dealkylation sites (tertiary alicyclic amines) is 1. The fraction of sp³-hybridized carbons (Fsp3) is 0.632. The lowest BCUT2D eigenvalue weighted by Gasteiger charge is -2.24. The van der Waals surface area contributed by atoms with Crippen molar-refractivity contribution in [3.8, 4) is 0 Å². The van der Waals surface area contributed by atoms with E-state index in [1.54, 1.807) is 0 Å². The summed E-state index contributed by atoms with van der Waals surface area (Å²) in [6.45, 7) is 4.49. The molecule has 0 bridgehead atoms. The molecular weight excluding hydrogens is 373 g/mol. The van der Waals surface area contributed by atoms with Crippen molar-refractivity contribution in [2.45, 2.75) is 38.0 Å². The van der Waals surface area contributed by atoms with Crippen molar-refractivity contribution in [3.63, 3.8) is 0 Å². The smallest absolute Gasteiger partial charge is 0.251 e. The predicted octanol–water partition coefficient (Wildman–Crippen LogP) is 2.32. The molecule has 2 aliphatic rings. The number of likely N-dealkylation sites (N-methyl/N-ethyl adjacent to an activating group) is 1. The second-order valence-electron chi connectivity index (χ2n) is 7.15. The predicted molar refractivity (Wildman–Crippen MR) is 109 cm³/mol. The van der Waals surface area contributed by atoms with Gasteiger partial charge in [0.25, 0.3) is 5.91 Å². The Bertz CT molecular complexity index is 547. The van der Waals surface area contributed by atoms with Gasteiger partial charge in [-0.3, -0.25) is 9.69 Å². The van der Waals surface area contributed by atoms with Gasteiger partial charge in [0.05, 0.1) is 6.10 Å². The topological polar surface area (TPSA) is 58.8 Å². The third kappa shape index (κ3) is 6.10. The maximum atomic E-state index is 12.5. The van der Waals surface area contributed by atoms with Gasteiger partial charge < -0.3 is 15.4 Å². The third-order valence-electron chi connectivity index (χ3n) is 5.17. The molecule has 3 rings (SSSR count). The number of hydrogen-bond donors (Lipinski definition) is 1. The molecule has 1 aromatic rings. The highest BCUT2D eigenvalue weighted by atomic mass is 35.5. The molecule has 1 aromatic carbocycles. The van der Waals surface area contributed by atoms with Crippen molar-refractivity contribution >= 4 is 30.7 Å². The van der Waals surface area contributed by atoms with Gasteiger partial charge in [0, 0.05) is 33.2 Å². The highest BCUT2D eigenvalue weighted by molar-refractivity contribution is 5.85. The van der Waals surface area contributed by atoms with Gasteiger partial charge in [-0.05, 0) is 37.3 Å². The number of benzene rings is 1.